The molecule has 0 amide bonds. The Morgan fingerprint density at radius 1 is 1.11 bits per heavy atom. The average molecular weight is 241 g/mol. The Balaban J connectivity index is 1.69. The van der Waals surface area contributed by atoms with E-state index in [4.69, 9.17) is 0 Å². The third-order valence-electron chi connectivity index (χ3n) is 3.73. The van der Waals surface area contributed by atoms with Crippen molar-refractivity contribution in [1.82, 2.24) is 15.0 Å². The van der Waals surface area contributed by atoms with Crippen molar-refractivity contribution in [2.45, 2.75) is 38.5 Å². The smallest absolute Gasteiger partial charge is 0.0830 e. The average Bonchev–Trinajstić information content (AvgIpc) is 2.82. The summed E-state index contributed by atoms with van der Waals surface area (Å²) in [7, 11) is 1.91. The zero-order valence-corrected chi connectivity index (χ0v) is 10.9. The molecule has 18 heavy (non-hydrogen) atoms. The molecule has 1 aliphatic carbocycles. The molecule has 94 valence electrons. The maximum Gasteiger partial charge on any atom is 0.0830 e. The highest BCUT2D eigenvalue weighted by atomic mass is 15.4. The molecule has 0 saturated heterocycles. The van der Waals surface area contributed by atoms with Crippen LogP contribution < -0.4 is 0 Å². The number of aryl methyl sites for hydroxylation is 5. The molecule has 3 heteroatoms. The highest BCUT2D eigenvalue weighted by Gasteiger charge is 2.09. The van der Waals surface area contributed by atoms with Gasteiger partial charge in [0.2, 0.25) is 0 Å². The van der Waals surface area contributed by atoms with Crippen LogP contribution in [0.2, 0.25) is 0 Å². The first-order valence-electron chi connectivity index (χ1n) is 6.77. The predicted octanol–water partition coefficient (Wildman–Crippen LogP) is 2.48. The van der Waals surface area contributed by atoms with Crippen LogP contribution in [0.3, 0.4) is 0 Å². The van der Waals surface area contributed by atoms with E-state index < -0.39 is 0 Å². The monoisotopic (exact) mass is 241 g/mol. The fourth-order valence-electron chi connectivity index (χ4n) is 2.72. The van der Waals surface area contributed by atoms with Gasteiger partial charge < -0.3 is 0 Å². The Hall–Kier alpha value is -1.64. The molecular formula is C15H19N3. The lowest BCUT2D eigenvalue weighted by atomic mass is 9.89. The van der Waals surface area contributed by atoms with Crippen LogP contribution in [-0.2, 0) is 32.7 Å². The Labute approximate surface area is 108 Å². The predicted molar refractivity (Wildman–Crippen MR) is 71.5 cm³/mol. The number of fused-ring (bicyclic) bond motifs is 1. The molecule has 0 N–H and O–H groups in total. The van der Waals surface area contributed by atoms with Crippen LogP contribution in [0, 0.1) is 0 Å². The second kappa shape index (κ2) is 4.92. The van der Waals surface area contributed by atoms with Crippen LogP contribution in [0.4, 0.5) is 0 Å². The van der Waals surface area contributed by atoms with Crippen molar-refractivity contribution >= 4 is 0 Å². The first-order valence-corrected chi connectivity index (χ1v) is 6.77. The second-order valence-corrected chi connectivity index (χ2v) is 5.19. The lowest BCUT2D eigenvalue weighted by Crippen LogP contribution is -2.03. The third-order valence-corrected chi connectivity index (χ3v) is 3.73. The van der Waals surface area contributed by atoms with E-state index in [0.717, 1.165) is 18.5 Å². The standard InChI is InChI=1S/C15H19N3/c1-18-11-15(16-17-18)9-7-12-6-8-13-4-2-3-5-14(13)10-12/h6,8,10-11H,2-5,7,9H2,1H3. The van der Waals surface area contributed by atoms with Crippen LogP contribution in [0.1, 0.15) is 35.2 Å². The van der Waals surface area contributed by atoms with Gasteiger partial charge >= 0.3 is 0 Å². The molecule has 0 atom stereocenters. The van der Waals surface area contributed by atoms with E-state index in [1.807, 2.05) is 13.2 Å². The zero-order chi connectivity index (χ0) is 12.4. The van der Waals surface area contributed by atoms with Gasteiger partial charge in [0, 0.05) is 13.2 Å². The maximum atomic E-state index is 4.13. The van der Waals surface area contributed by atoms with Crippen LogP contribution in [-0.4, -0.2) is 15.0 Å². The maximum absolute atomic E-state index is 4.13. The van der Waals surface area contributed by atoms with Gasteiger partial charge in [0.05, 0.1) is 5.69 Å². The number of hydrogen-bond acceptors (Lipinski definition) is 2. The summed E-state index contributed by atoms with van der Waals surface area (Å²) < 4.78 is 1.77. The highest BCUT2D eigenvalue weighted by molar-refractivity contribution is 5.34. The van der Waals surface area contributed by atoms with Crippen molar-refractivity contribution in [3.05, 3.63) is 46.8 Å². The molecule has 1 aromatic carbocycles. The van der Waals surface area contributed by atoms with Gasteiger partial charge in [-0.15, -0.1) is 5.10 Å². The van der Waals surface area contributed by atoms with E-state index in [1.165, 1.54) is 31.2 Å². The van der Waals surface area contributed by atoms with Crippen LogP contribution in [0.5, 0.6) is 0 Å². The van der Waals surface area contributed by atoms with Crippen molar-refractivity contribution in [1.29, 1.82) is 0 Å². The van der Waals surface area contributed by atoms with Gasteiger partial charge in [0.25, 0.3) is 0 Å². The Kier molecular flexibility index (Phi) is 3.13. The van der Waals surface area contributed by atoms with Crippen molar-refractivity contribution in [2.24, 2.45) is 7.05 Å². The number of aromatic nitrogens is 3. The van der Waals surface area contributed by atoms with Gasteiger partial charge in [-0.3, -0.25) is 4.68 Å². The minimum atomic E-state index is 0.979. The summed E-state index contributed by atoms with van der Waals surface area (Å²) >= 11 is 0. The Morgan fingerprint density at radius 3 is 2.72 bits per heavy atom. The quantitative estimate of drug-likeness (QED) is 0.826. The number of rotatable bonds is 3. The largest absolute Gasteiger partial charge is 0.255 e. The molecule has 0 saturated carbocycles. The van der Waals surface area contributed by atoms with Crippen molar-refractivity contribution < 1.29 is 0 Å². The summed E-state index contributed by atoms with van der Waals surface area (Å²) in [6.07, 6.45) is 9.26. The lowest BCUT2D eigenvalue weighted by molar-refractivity contribution is 0.684. The van der Waals surface area contributed by atoms with E-state index in [-0.39, 0.29) is 0 Å². The van der Waals surface area contributed by atoms with Crippen LogP contribution in [0.25, 0.3) is 0 Å². The van der Waals surface area contributed by atoms with Gasteiger partial charge in [-0.1, -0.05) is 23.4 Å². The first kappa shape index (κ1) is 11.5. The second-order valence-electron chi connectivity index (χ2n) is 5.19. The molecular weight excluding hydrogens is 222 g/mol. The fourth-order valence-corrected chi connectivity index (χ4v) is 2.72. The normalized spacial score (nSPS) is 14.5. The molecule has 3 rings (SSSR count). The summed E-state index contributed by atoms with van der Waals surface area (Å²) in [6.45, 7) is 0. The molecule has 2 aromatic rings. The molecule has 1 heterocycles. The first-order chi connectivity index (χ1) is 8.81. The van der Waals surface area contributed by atoms with E-state index in [1.54, 1.807) is 15.8 Å². The van der Waals surface area contributed by atoms with E-state index in [0.29, 0.717) is 0 Å². The molecule has 0 unspecified atom stereocenters. The number of benzene rings is 1. The van der Waals surface area contributed by atoms with E-state index in [2.05, 4.69) is 28.5 Å². The molecule has 0 bridgehead atoms. The number of nitrogens with zero attached hydrogens (tertiary/aromatic N) is 3. The molecule has 3 nitrogen and oxygen atoms in total. The summed E-state index contributed by atoms with van der Waals surface area (Å²) in [5.74, 6) is 0. The SMILES string of the molecule is Cn1cc(CCc2ccc3c(c2)CCCC3)nn1. The summed E-state index contributed by atoms with van der Waals surface area (Å²) in [4.78, 5) is 0. The van der Waals surface area contributed by atoms with Gasteiger partial charge in [-0.05, 0) is 55.2 Å². The van der Waals surface area contributed by atoms with Gasteiger partial charge in [-0.2, -0.15) is 0 Å². The zero-order valence-electron chi connectivity index (χ0n) is 10.9. The Morgan fingerprint density at radius 2 is 1.94 bits per heavy atom. The summed E-state index contributed by atoms with van der Waals surface area (Å²) in [5, 5.41) is 8.10. The summed E-state index contributed by atoms with van der Waals surface area (Å²) in [5.41, 5.74) is 5.64. The van der Waals surface area contributed by atoms with E-state index in [9.17, 15) is 0 Å². The summed E-state index contributed by atoms with van der Waals surface area (Å²) in [6, 6.07) is 6.99. The van der Waals surface area contributed by atoms with Gasteiger partial charge in [0.1, 0.15) is 0 Å². The third kappa shape index (κ3) is 2.45. The van der Waals surface area contributed by atoms with Gasteiger partial charge in [0.15, 0.2) is 0 Å². The van der Waals surface area contributed by atoms with Crippen molar-refractivity contribution in [3.63, 3.8) is 0 Å². The molecule has 1 aliphatic rings. The van der Waals surface area contributed by atoms with Crippen molar-refractivity contribution in [3.8, 4) is 0 Å². The molecule has 0 spiro atoms. The topological polar surface area (TPSA) is 30.7 Å². The van der Waals surface area contributed by atoms with Crippen LogP contribution >= 0.6 is 0 Å². The Bertz CT molecular complexity index is 542. The molecule has 0 aliphatic heterocycles. The van der Waals surface area contributed by atoms with E-state index >= 15 is 0 Å². The highest BCUT2D eigenvalue weighted by Crippen LogP contribution is 2.22. The molecule has 0 fully saturated rings. The van der Waals surface area contributed by atoms with Crippen molar-refractivity contribution in [2.75, 3.05) is 0 Å². The van der Waals surface area contributed by atoms with Crippen LogP contribution in [0.15, 0.2) is 24.4 Å². The van der Waals surface area contributed by atoms with Gasteiger partial charge in [-0.25, -0.2) is 0 Å². The fraction of sp³-hybridized carbons (Fsp3) is 0.467. The minimum absolute atomic E-state index is 0.979. The minimum Gasteiger partial charge on any atom is -0.255 e. The molecule has 0 radical (unpaired) electrons. The number of hydrogen-bond donors (Lipinski definition) is 0. The lowest BCUT2D eigenvalue weighted by Gasteiger charge is -2.16. The molecule has 1 aromatic heterocycles.